The van der Waals surface area contributed by atoms with E-state index in [9.17, 15) is 19.5 Å². The summed E-state index contributed by atoms with van der Waals surface area (Å²) in [6, 6.07) is 17.2. The van der Waals surface area contributed by atoms with Crippen molar-refractivity contribution in [3.05, 3.63) is 88.0 Å². The van der Waals surface area contributed by atoms with Crippen molar-refractivity contribution in [2.24, 2.45) is 0 Å². The first-order valence-electron chi connectivity index (χ1n) is 11.6. The van der Waals surface area contributed by atoms with E-state index in [1.165, 1.54) is 10.6 Å². The van der Waals surface area contributed by atoms with Gasteiger partial charge in [0.2, 0.25) is 5.91 Å². The van der Waals surface area contributed by atoms with Crippen molar-refractivity contribution in [1.29, 1.82) is 0 Å². The van der Waals surface area contributed by atoms with Gasteiger partial charge in [-0.05, 0) is 18.9 Å². The highest BCUT2D eigenvalue weighted by Crippen LogP contribution is 2.17. The Hall–Kier alpha value is -3.74. The van der Waals surface area contributed by atoms with Crippen LogP contribution >= 0.6 is 0 Å². The monoisotopic (exact) mass is 461 g/mol. The maximum atomic E-state index is 13.0. The smallest absolute Gasteiger partial charge is 0.326 e. The zero-order chi connectivity index (χ0) is 24.5. The molecule has 0 fully saturated rings. The molecular weight excluding hydrogens is 430 g/mol. The van der Waals surface area contributed by atoms with Crippen LogP contribution in [-0.2, 0) is 29.0 Å². The molecule has 178 valence electrons. The summed E-state index contributed by atoms with van der Waals surface area (Å²) in [5, 5.41) is 12.2. The Morgan fingerprint density at radius 3 is 2.41 bits per heavy atom. The molecule has 0 radical (unpaired) electrons. The van der Waals surface area contributed by atoms with E-state index < -0.39 is 17.9 Å². The number of aromatic nitrogens is 2. The number of carboxylic acid groups (broad SMARTS) is 1. The van der Waals surface area contributed by atoms with Crippen molar-refractivity contribution in [2.45, 2.75) is 58.5 Å². The summed E-state index contributed by atoms with van der Waals surface area (Å²) in [4.78, 5) is 42.2. The minimum absolute atomic E-state index is 0.158. The SMILES string of the molecule is CCCCCc1nc(-c2ccc(C)cc2)cc(=O)n1CC(=O)NC(Cc1ccccc1)C(=O)O. The number of benzene rings is 2. The van der Waals surface area contributed by atoms with Gasteiger partial charge in [0, 0.05) is 24.5 Å². The predicted octanol–water partition coefficient (Wildman–Crippen LogP) is 3.76. The van der Waals surface area contributed by atoms with E-state index in [2.05, 4.69) is 12.2 Å². The Kier molecular flexibility index (Phi) is 8.73. The zero-order valence-corrected chi connectivity index (χ0v) is 19.7. The minimum Gasteiger partial charge on any atom is -0.480 e. The maximum Gasteiger partial charge on any atom is 0.326 e. The summed E-state index contributed by atoms with van der Waals surface area (Å²) in [5.74, 6) is -1.13. The number of rotatable bonds is 11. The van der Waals surface area contributed by atoms with E-state index in [1.807, 2.05) is 61.5 Å². The van der Waals surface area contributed by atoms with Gasteiger partial charge in [-0.25, -0.2) is 9.78 Å². The Morgan fingerprint density at radius 1 is 1.06 bits per heavy atom. The molecule has 3 rings (SSSR count). The molecule has 0 aliphatic rings. The molecule has 1 unspecified atom stereocenters. The minimum atomic E-state index is -1.12. The zero-order valence-electron chi connectivity index (χ0n) is 19.7. The number of aryl methyl sites for hydroxylation is 2. The number of nitrogens with one attached hydrogen (secondary N) is 1. The highest BCUT2D eigenvalue weighted by molar-refractivity contribution is 5.83. The van der Waals surface area contributed by atoms with Gasteiger partial charge in [0.05, 0.1) is 5.69 Å². The Labute approximate surface area is 199 Å². The Balaban J connectivity index is 1.83. The van der Waals surface area contributed by atoms with Gasteiger partial charge in [0.15, 0.2) is 0 Å². The van der Waals surface area contributed by atoms with Crippen molar-refractivity contribution in [3.63, 3.8) is 0 Å². The predicted molar refractivity (Wildman–Crippen MR) is 132 cm³/mol. The molecule has 1 atom stereocenters. The van der Waals surface area contributed by atoms with Crippen LogP contribution < -0.4 is 10.9 Å². The molecule has 0 spiro atoms. The van der Waals surface area contributed by atoms with Crippen LogP contribution in [0.15, 0.2) is 65.5 Å². The number of nitrogens with zero attached hydrogens (tertiary/aromatic N) is 2. The first-order valence-corrected chi connectivity index (χ1v) is 11.6. The van der Waals surface area contributed by atoms with Crippen LogP contribution in [0.2, 0.25) is 0 Å². The van der Waals surface area contributed by atoms with Crippen LogP contribution in [0, 0.1) is 6.92 Å². The van der Waals surface area contributed by atoms with Crippen molar-refractivity contribution in [3.8, 4) is 11.3 Å². The van der Waals surface area contributed by atoms with Gasteiger partial charge in [-0.3, -0.25) is 14.2 Å². The third kappa shape index (κ3) is 6.88. The number of aliphatic carboxylic acids is 1. The quantitative estimate of drug-likeness (QED) is 0.424. The second kappa shape index (κ2) is 11.9. The van der Waals surface area contributed by atoms with Crippen molar-refractivity contribution in [2.75, 3.05) is 0 Å². The van der Waals surface area contributed by atoms with Gasteiger partial charge in [-0.15, -0.1) is 0 Å². The number of unbranched alkanes of at least 4 members (excludes halogenated alkanes) is 2. The van der Waals surface area contributed by atoms with E-state index in [4.69, 9.17) is 4.98 Å². The van der Waals surface area contributed by atoms with E-state index in [0.29, 0.717) is 17.9 Å². The first-order chi connectivity index (χ1) is 16.4. The lowest BCUT2D eigenvalue weighted by Crippen LogP contribution is -2.45. The summed E-state index contributed by atoms with van der Waals surface area (Å²) in [5.41, 5.74) is 2.99. The average molecular weight is 462 g/mol. The molecule has 7 heteroatoms. The molecule has 2 N–H and O–H groups in total. The van der Waals surface area contributed by atoms with Crippen LogP contribution in [-0.4, -0.2) is 32.6 Å². The second-order valence-corrected chi connectivity index (χ2v) is 8.45. The van der Waals surface area contributed by atoms with Crippen LogP contribution in [0.4, 0.5) is 0 Å². The number of carboxylic acids is 1. The van der Waals surface area contributed by atoms with Crippen LogP contribution in [0.1, 0.15) is 43.1 Å². The number of carbonyl (C=O) groups excluding carboxylic acids is 1. The molecule has 3 aromatic rings. The molecule has 0 aliphatic carbocycles. The van der Waals surface area contributed by atoms with Crippen molar-refractivity contribution < 1.29 is 14.7 Å². The topological polar surface area (TPSA) is 101 Å². The molecule has 7 nitrogen and oxygen atoms in total. The molecule has 0 saturated carbocycles. The van der Waals surface area contributed by atoms with Gasteiger partial charge in [0.25, 0.3) is 5.56 Å². The lowest BCUT2D eigenvalue weighted by molar-refractivity contribution is -0.141. The third-order valence-electron chi connectivity index (χ3n) is 5.66. The molecule has 0 saturated heterocycles. The summed E-state index contributed by atoms with van der Waals surface area (Å²) in [7, 11) is 0. The normalized spacial score (nSPS) is 11.7. The number of amides is 1. The first kappa shape index (κ1) is 24.9. The molecule has 1 aromatic heterocycles. The van der Waals surface area contributed by atoms with Gasteiger partial charge in [-0.1, -0.05) is 79.9 Å². The standard InChI is InChI=1S/C27H31N3O4/c1-3-4-6-11-24-28-22(21-14-12-19(2)13-15-21)17-26(32)30(24)18-25(31)29-23(27(33)34)16-20-9-7-5-8-10-20/h5,7-10,12-15,17,23H,3-4,6,11,16,18H2,1-2H3,(H,29,31)(H,33,34). The summed E-state index contributed by atoms with van der Waals surface area (Å²) >= 11 is 0. The Morgan fingerprint density at radius 2 is 1.76 bits per heavy atom. The van der Waals surface area contributed by atoms with Gasteiger partial charge >= 0.3 is 5.97 Å². The third-order valence-corrected chi connectivity index (χ3v) is 5.66. The molecule has 1 heterocycles. The fourth-order valence-electron chi connectivity index (χ4n) is 3.75. The van der Waals surface area contributed by atoms with E-state index >= 15 is 0 Å². The van der Waals surface area contributed by atoms with E-state index in [1.54, 1.807) is 0 Å². The van der Waals surface area contributed by atoms with E-state index in [-0.39, 0.29) is 18.5 Å². The van der Waals surface area contributed by atoms with Gasteiger partial charge in [0.1, 0.15) is 18.4 Å². The summed E-state index contributed by atoms with van der Waals surface area (Å²) in [6.07, 6.45) is 3.55. The van der Waals surface area contributed by atoms with Crippen molar-refractivity contribution in [1.82, 2.24) is 14.9 Å². The van der Waals surface area contributed by atoms with Gasteiger partial charge in [-0.2, -0.15) is 0 Å². The lowest BCUT2D eigenvalue weighted by Gasteiger charge is -2.17. The second-order valence-electron chi connectivity index (χ2n) is 8.45. The largest absolute Gasteiger partial charge is 0.480 e. The average Bonchev–Trinajstić information content (AvgIpc) is 2.81. The highest BCUT2D eigenvalue weighted by atomic mass is 16.4. The highest BCUT2D eigenvalue weighted by Gasteiger charge is 2.22. The number of carbonyl (C=O) groups is 2. The molecule has 2 aromatic carbocycles. The molecular formula is C27H31N3O4. The molecule has 0 aliphatic heterocycles. The summed E-state index contributed by atoms with van der Waals surface area (Å²) in [6.45, 7) is 3.81. The van der Waals surface area contributed by atoms with Crippen molar-refractivity contribution >= 4 is 11.9 Å². The van der Waals surface area contributed by atoms with Gasteiger partial charge < -0.3 is 10.4 Å². The fourth-order valence-corrected chi connectivity index (χ4v) is 3.75. The van der Waals surface area contributed by atoms with E-state index in [0.717, 1.165) is 36.0 Å². The fraction of sp³-hybridized carbons (Fsp3) is 0.333. The van der Waals surface area contributed by atoms with Crippen LogP contribution in [0.5, 0.6) is 0 Å². The van der Waals surface area contributed by atoms with Crippen LogP contribution in [0.3, 0.4) is 0 Å². The summed E-state index contributed by atoms with van der Waals surface area (Å²) < 4.78 is 1.35. The Bertz CT molecular complexity index is 1170. The number of hydrogen-bond donors (Lipinski definition) is 2. The maximum absolute atomic E-state index is 13.0. The number of hydrogen-bond acceptors (Lipinski definition) is 4. The molecule has 34 heavy (non-hydrogen) atoms. The van der Waals surface area contributed by atoms with Crippen LogP contribution in [0.25, 0.3) is 11.3 Å². The molecule has 0 bridgehead atoms. The lowest BCUT2D eigenvalue weighted by atomic mass is 10.1. The molecule has 1 amide bonds.